The third-order valence-corrected chi connectivity index (χ3v) is 5.32. The van der Waals surface area contributed by atoms with Gasteiger partial charge in [-0.25, -0.2) is 9.97 Å². The van der Waals surface area contributed by atoms with Gasteiger partial charge in [0.15, 0.2) is 5.82 Å². The third kappa shape index (κ3) is 3.81. The molecule has 0 unspecified atom stereocenters. The van der Waals surface area contributed by atoms with E-state index in [1.54, 1.807) is 0 Å². The van der Waals surface area contributed by atoms with Crippen molar-refractivity contribution in [2.45, 2.75) is 45.1 Å². The van der Waals surface area contributed by atoms with E-state index in [1.165, 1.54) is 6.42 Å². The summed E-state index contributed by atoms with van der Waals surface area (Å²) in [6.45, 7) is 2.14. The lowest BCUT2D eigenvalue weighted by molar-refractivity contribution is 0.0917. The molecule has 5 heteroatoms. The molecule has 1 heterocycles. The Bertz CT molecular complexity index is 981. The zero-order valence-electron chi connectivity index (χ0n) is 15.3. The molecule has 1 amide bonds. The molecule has 2 aromatic carbocycles. The quantitative estimate of drug-likeness (QED) is 0.664. The molecule has 1 aliphatic rings. The van der Waals surface area contributed by atoms with Gasteiger partial charge in [0.25, 0.3) is 5.91 Å². The van der Waals surface area contributed by atoms with Crippen LogP contribution in [0, 0.1) is 0 Å². The zero-order valence-corrected chi connectivity index (χ0v) is 16.1. The van der Waals surface area contributed by atoms with Gasteiger partial charge in [0.2, 0.25) is 0 Å². The van der Waals surface area contributed by atoms with Gasteiger partial charge in [-0.15, -0.1) is 0 Å². The summed E-state index contributed by atoms with van der Waals surface area (Å²) in [5.41, 5.74) is 3.39. The zero-order chi connectivity index (χ0) is 18.8. The summed E-state index contributed by atoms with van der Waals surface area (Å²) in [4.78, 5) is 22.0. The predicted octanol–water partition coefficient (Wildman–Crippen LogP) is 5.19. The maximum absolute atomic E-state index is 12.5. The minimum atomic E-state index is -0.0229. The number of nitrogens with zero attached hydrogens (tertiary/aromatic N) is 2. The summed E-state index contributed by atoms with van der Waals surface area (Å²) in [7, 11) is 0. The van der Waals surface area contributed by atoms with Crippen LogP contribution in [0.25, 0.3) is 22.3 Å². The molecule has 1 saturated carbocycles. The molecule has 1 fully saturated rings. The maximum atomic E-state index is 12.5. The number of fused-ring (bicyclic) bond motifs is 1. The summed E-state index contributed by atoms with van der Waals surface area (Å²) in [5, 5.41) is 4.79. The van der Waals surface area contributed by atoms with Gasteiger partial charge in [-0.2, -0.15) is 0 Å². The standard InChI is InChI=1S/C22H22ClN3O/c1-2-4-19-18-12-9-15(22(27)24-17-5-3-6-17)13-20(18)26-21(25-19)14-7-10-16(23)11-8-14/h7-13,17H,2-6H2,1H3,(H,24,27). The smallest absolute Gasteiger partial charge is 0.251 e. The van der Waals surface area contributed by atoms with Crippen molar-refractivity contribution in [3.63, 3.8) is 0 Å². The predicted molar refractivity (Wildman–Crippen MR) is 109 cm³/mol. The minimum Gasteiger partial charge on any atom is -0.349 e. The molecule has 0 atom stereocenters. The summed E-state index contributed by atoms with van der Waals surface area (Å²) >= 11 is 6.00. The average molecular weight is 380 g/mol. The Morgan fingerprint density at radius 1 is 1.15 bits per heavy atom. The van der Waals surface area contributed by atoms with Crippen LogP contribution in [0.2, 0.25) is 5.02 Å². The summed E-state index contributed by atoms with van der Waals surface area (Å²) in [6.07, 6.45) is 5.20. The van der Waals surface area contributed by atoms with Gasteiger partial charge in [-0.1, -0.05) is 31.0 Å². The molecule has 0 spiro atoms. The fraction of sp³-hybridized carbons (Fsp3) is 0.318. The highest BCUT2D eigenvalue weighted by Gasteiger charge is 2.20. The van der Waals surface area contributed by atoms with E-state index in [2.05, 4.69) is 12.2 Å². The Balaban J connectivity index is 1.75. The first kappa shape index (κ1) is 17.9. The Kier molecular flexibility index (Phi) is 5.08. The van der Waals surface area contributed by atoms with E-state index in [4.69, 9.17) is 21.6 Å². The van der Waals surface area contributed by atoms with Gasteiger partial charge >= 0.3 is 0 Å². The van der Waals surface area contributed by atoms with Crippen molar-refractivity contribution in [3.05, 3.63) is 58.7 Å². The van der Waals surface area contributed by atoms with E-state index in [-0.39, 0.29) is 5.91 Å². The van der Waals surface area contributed by atoms with Crippen molar-refractivity contribution in [2.24, 2.45) is 0 Å². The number of amides is 1. The lowest BCUT2D eigenvalue weighted by Crippen LogP contribution is -2.39. The molecule has 1 N–H and O–H groups in total. The number of aryl methyl sites for hydroxylation is 1. The van der Waals surface area contributed by atoms with Crippen molar-refractivity contribution < 1.29 is 4.79 Å². The van der Waals surface area contributed by atoms with E-state index in [0.29, 0.717) is 22.5 Å². The lowest BCUT2D eigenvalue weighted by atomic mass is 9.93. The van der Waals surface area contributed by atoms with Crippen molar-refractivity contribution in [1.29, 1.82) is 0 Å². The molecule has 4 nitrogen and oxygen atoms in total. The molecule has 27 heavy (non-hydrogen) atoms. The number of aromatic nitrogens is 2. The third-order valence-electron chi connectivity index (χ3n) is 5.07. The topological polar surface area (TPSA) is 54.9 Å². The molecule has 1 aromatic heterocycles. The Morgan fingerprint density at radius 3 is 2.59 bits per heavy atom. The number of carbonyl (C=O) groups is 1. The van der Waals surface area contributed by atoms with E-state index in [9.17, 15) is 4.79 Å². The molecule has 0 radical (unpaired) electrons. The number of rotatable bonds is 5. The van der Waals surface area contributed by atoms with Gasteiger partial charge in [0.1, 0.15) is 0 Å². The number of nitrogens with one attached hydrogen (secondary N) is 1. The van der Waals surface area contributed by atoms with E-state index < -0.39 is 0 Å². The number of benzene rings is 2. The van der Waals surface area contributed by atoms with Crippen LogP contribution in [-0.2, 0) is 6.42 Å². The maximum Gasteiger partial charge on any atom is 0.251 e. The number of carbonyl (C=O) groups excluding carboxylic acids is 1. The number of halogens is 1. The SMILES string of the molecule is CCCc1nc(-c2ccc(Cl)cc2)nc2cc(C(=O)NC3CCC3)ccc12. The van der Waals surface area contributed by atoms with Gasteiger partial charge in [0.05, 0.1) is 11.2 Å². The number of hydrogen-bond acceptors (Lipinski definition) is 3. The molecule has 138 valence electrons. The van der Waals surface area contributed by atoms with Crippen molar-refractivity contribution in [1.82, 2.24) is 15.3 Å². The van der Waals surface area contributed by atoms with Crippen LogP contribution in [0.5, 0.6) is 0 Å². The van der Waals surface area contributed by atoms with Gasteiger partial charge in [-0.05, 0) is 62.1 Å². The van der Waals surface area contributed by atoms with Crippen LogP contribution in [0.15, 0.2) is 42.5 Å². The highest BCUT2D eigenvalue weighted by molar-refractivity contribution is 6.30. The summed E-state index contributed by atoms with van der Waals surface area (Å²) in [6, 6.07) is 13.6. The van der Waals surface area contributed by atoms with Gasteiger partial charge in [0, 0.05) is 27.6 Å². The van der Waals surface area contributed by atoms with Crippen LogP contribution >= 0.6 is 11.6 Å². The van der Waals surface area contributed by atoms with Gasteiger partial charge < -0.3 is 5.32 Å². The molecular weight excluding hydrogens is 358 g/mol. The van der Waals surface area contributed by atoms with Crippen LogP contribution in [-0.4, -0.2) is 21.9 Å². The number of hydrogen-bond donors (Lipinski definition) is 1. The van der Waals surface area contributed by atoms with E-state index in [1.807, 2.05) is 42.5 Å². The minimum absolute atomic E-state index is 0.0229. The van der Waals surface area contributed by atoms with Crippen molar-refractivity contribution in [2.75, 3.05) is 0 Å². The highest BCUT2D eigenvalue weighted by Crippen LogP contribution is 2.25. The van der Waals surface area contributed by atoms with E-state index in [0.717, 1.165) is 47.8 Å². The largest absolute Gasteiger partial charge is 0.349 e. The fourth-order valence-corrected chi connectivity index (χ4v) is 3.44. The second-order valence-corrected chi connectivity index (χ2v) is 7.52. The normalized spacial score (nSPS) is 14.1. The first-order valence-corrected chi connectivity index (χ1v) is 9.89. The second kappa shape index (κ2) is 7.65. The monoisotopic (exact) mass is 379 g/mol. The van der Waals surface area contributed by atoms with Crippen LogP contribution in [0.1, 0.15) is 48.7 Å². The van der Waals surface area contributed by atoms with Crippen molar-refractivity contribution in [3.8, 4) is 11.4 Å². The molecule has 1 aliphatic carbocycles. The first-order chi connectivity index (χ1) is 13.1. The summed E-state index contributed by atoms with van der Waals surface area (Å²) < 4.78 is 0. The molecule has 0 aliphatic heterocycles. The Hall–Kier alpha value is -2.46. The molecular formula is C22H22ClN3O. The fourth-order valence-electron chi connectivity index (χ4n) is 3.31. The average Bonchev–Trinajstić information content (AvgIpc) is 2.64. The van der Waals surface area contributed by atoms with Crippen molar-refractivity contribution >= 4 is 28.4 Å². The molecule has 0 saturated heterocycles. The Labute approximate surface area is 164 Å². The first-order valence-electron chi connectivity index (χ1n) is 9.51. The summed E-state index contributed by atoms with van der Waals surface area (Å²) in [5.74, 6) is 0.643. The second-order valence-electron chi connectivity index (χ2n) is 7.08. The molecule has 0 bridgehead atoms. The molecule has 3 aromatic rings. The molecule has 4 rings (SSSR count). The van der Waals surface area contributed by atoms with Crippen LogP contribution in [0.3, 0.4) is 0 Å². The van der Waals surface area contributed by atoms with Crippen LogP contribution in [0.4, 0.5) is 0 Å². The highest BCUT2D eigenvalue weighted by atomic mass is 35.5. The van der Waals surface area contributed by atoms with E-state index >= 15 is 0 Å². The Morgan fingerprint density at radius 2 is 1.93 bits per heavy atom. The van der Waals surface area contributed by atoms with Gasteiger partial charge in [-0.3, -0.25) is 4.79 Å². The van der Waals surface area contributed by atoms with Crippen LogP contribution < -0.4 is 5.32 Å². The lowest BCUT2D eigenvalue weighted by Gasteiger charge is -2.26.